The number of nitrogens with one attached hydrogen (secondary N) is 1. The second-order valence-electron chi connectivity index (χ2n) is 7.24. The van der Waals surface area contributed by atoms with E-state index in [0.29, 0.717) is 46.1 Å². The van der Waals surface area contributed by atoms with Crippen LogP contribution in [0, 0.1) is 5.82 Å². The second-order valence-corrected chi connectivity index (χ2v) is 8.07. The van der Waals surface area contributed by atoms with Crippen LogP contribution in [0.15, 0.2) is 60.7 Å². The van der Waals surface area contributed by atoms with Crippen molar-refractivity contribution in [1.29, 1.82) is 0 Å². The van der Waals surface area contributed by atoms with E-state index in [2.05, 4.69) is 19.9 Å². The number of methoxy groups -OCH3 is 3. The number of benzene rings is 2. The SMILES string of the molecule is COc1cccc(-c2nnc(NSCC(O)c3ccc(F)cc3)n2-c2c(OC)cccc2OC)n1. The smallest absolute Gasteiger partial charge is 0.239 e. The number of hydrogen-bond acceptors (Lipinski definition) is 9. The number of para-hydroxylation sites is 1. The number of ether oxygens (including phenoxy) is 3. The van der Waals surface area contributed by atoms with Gasteiger partial charge in [0.25, 0.3) is 0 Å². The van der Waals surface area contributed by atoms with Crippen molar-refractivity contribution in [3.8, 4) is 34.6 Å². The van der Waals surface area contributed by atoms with Crippen LogP contribution in [0.1, 0.15) is 11.7 Å². The quantitative estimate of drug-likeness (QED) is 0.311. The van der Waals surface area contributed by atoms with Crippen LogP contribution in [0.3, 0.4) is 0 Å². The van der Waals surface area contributed by atoms with Crippen LogP contribution in [0.4, 0.5) is 10.3 Å². The van der Waals surface area contributed by atoms with Crippen molar-refractivity contribution in [1.82, 2.24) is 19.7 Å². The van der Waals surface area contributed by atoms with E-state index in [9.17, 15) is 9.50 Å². The average Bonchev–Trinajstić information content (AvgIpc) is 3.31. The normalized spacial score (nSPS) is 11.7. The Morgan fingerprint density at radius 3 is 2.29 bits per heavy atom. The Bertz CT molecular complexity index is 1260. The number of anilines is 1. The number of hydrogen-bond donors (Lipinski definition) is 2. The molecule has 35 heavy (non-hydrogen) atoms. The van der Waals surface area contributed by atoms with Crippen molar-refractivity contribution in [3.63, 3.8) is 0 Å². The molecule has 1 unspecified atom stereocenters. The van der Waals surface area contributed by atoms with E-state index in [0.717, 1.165) is 0 Å². The van der Waals surface area contributed by atoms with E-state index in [1.807, 2.05) is 6.07 Å². The van der Waals surface area contributed by atoms with Crippen LogP contribution >= 0.6 is 11.9 Å². The molecule has 0 saturated carbocycles. The van der Waals surface area contributed by atoms with Gasteiger partial charge in [0.2, 0.25) is 11.8 Å². The van der Waals surface area contributed by atoms with E-state index in [4.69, 9.17) is 14.2 Å². The number of aromatic nitrogens is 4. The van der Waals surface area contributed by atoms with Crippen molar-refractivity contribution in [2.45, 2.75) is 6.10 Å². The first kappa shape index (κ1) is 24.3. The Morgan fingerprint density at radius 1 is 0.943 bits per heavy atom. The zero-order valence-corrected chi connectivity index (χ0v) is 20.1. The second kappa shape index (κ2) is 11.1. The Morgan fingerprint density at radius 2 is 1.63 bits per heavy atom. The fraction of sp³-hybridized carbons (Fsp3) is 0.208. The lowest BCUT2D eigenvalue weighted by atomic mass is 10.1. The zero-order valence-electron chi connectivity index (χ0n) is 19.3. The maximum Gasteiger partial charge on any atom is 0.239 e. The van der Waals surface area contributed by atoms with E-state index < -0.39 is 6.10 Å². The maximum atomic E-state index is 13.2. The molecule has 182 valence electrons. The van der Waals surface area contributed by atoms with Gasteiger partial charge in [-0.1, -0.05) is 24.3 Å². The molecule has 2 heterocycles. The van der Waals surface area contributed by atoms with Crippen LogP contribution in [0.2, 0.25) is 0 Å². The van der Waals surface area contributed by atoms with Crippen LogP contribution < -0.4 is 18.9 Å². The predicted octanol–water partition coefficient (Wildman–Crippen LogP) is 4.29. The molecule has 9 nitrogen and oxygen atoms in total. The molecule has 2 N–H and O–H groups in total. The molecule has 0 radical (unpaired) electrons. The summed E-state index contributed by atoms with van der Waals surface area (Å²) in [5, 5.41) is 19.2. The summed E-state index contributed by atoms with van der Waals surface area (Å²) in [6, 6.07) is 16.5. The standard InChI is InChI=1S/C24H24FN5O4S/c1-32-19-7-5-8-20(33-2)22(19)30-23(17-6-4-9-21(26-17)34-3)27-28-24(30)29-35-14-18(31)15-10-12-16(25)13-11-15/h4-13,18,31H,14H2,1-3H3,(H,28,29). The summed E-state index contributed by atoms with van der Waals surface area (Å²) in [6.45, 7) is 0. The third kappa shape index (κ3) is 5.31. The number of rotatable bonds is 10. The van der Waals surface area contributed by atoms with Gasteiger partial charge >= 0.3 is 0 Å². The minimum atomic E-state index is -0.815. The van der Waals surface area contributed by atoms with Crippen molar-refractivity contribution in [3.05, 3.63) is 72.0 Å². The van der Waals surface area contributed by atoms with Crippen molar-refractivity contribution in [2.24, 2.45) is 0 Å². The molecule has 0 fully saturated rings. The Kier molecular flexibility index (Phi) is 7.68. The van der Waals surface area contributed by atoms with Crippen molar-refractivity contribution in [2.75, 3.05) is 31.8 Å². The number of pyridine rings is 1. The van der Waals surface area contributed by atoms with Crippen LogP contribution in [-0.2, 0) is 0 Å². The number of aliphatic hydroxyl groups excluding tert-OH is 1. The third-order valence-electron chi connectivity index (χ3n) is 5.11. The molecule has 0 aliphatic heterocycles. The number of aliphatic hydroxyl groups is 1. The van der Waals surface area contributed by atoms with Gasteiger partial charge in [-0.3, -0.25) is 9.29 Å². The van der Waals surface area contributed by atoms with Gasteiger partial charge in [-0.25, -0.2) is 9.37 Å². The van der Waals surface area contributed by atoms with E-state index in [-0.39, 0.29) is 11.6 Å². The highest BCUT2D eigenvalue weighted by Crippen LogP contribution is 2.38. The molecule has 4 rings (SSSR count). The topological polar surface area (TPSA) is 104 Å². The molecule has 0 aliphatic carbocycles. The van der Waals surface area contributed by atoms with E-state index in [1.54, 1.807) is 61.3 Å². The summed E-state index contributed by atoms with van der Waals surface area (Å²) >= 11 is 1.22. The fourth-order valence-electron chi connectivity index (χ4n) is 3.40. The highest BCUT2D eigenvalue weighted by Gasteiger charge is 2.23. The van der Waals surface area contributed by atoms with Gasteiger partial charge in [0.1, 0.15) is 28.7 Å². The molecule has 4 aromatic rings. The van der Waals surface area contributed by atoms with Gasteiger partial charge in [-0.15, -0.1) is 10.2 Å². The number of halogens is 1. The minimum Gasteiger partial charge on any atom is -0.494 e. The molecule has 0 amide bonds. The van der Waals surface area contributed by atoms with Gasteiger partial charge in [-0.05, 0) is 47.8 Å². The highest BCUT2D eigenvalue weighted by atomic mass is 32.2. The predicted molar refractivity (Wildman–Crippen MR) is 132 cm³/mol. The monoisotopic (exact) mass is 497 g/mol. The molecular weight excluding hydrogens is 473 g/mol. The summed E-state index contributed by atoms with van der Waals surface area (Å²) in [4.78, 5) is 4.49. The summed E-state index contributed by atoms with van der Waals surface area (Å²) in [5.41, 5.74) is 1.70. The van der Waals surface area contributed by atoms with Crippen molar-refractivity contribution >= 4 is 17.9 Å². The van der Waals surface area contributed by atoms with Crippen LogP contribution in [0.25, 0.3) is 17.2 Å². The van der Waals surface area contributed by atoms with Crippen LogP contribution in [0.5, 0.6) is 17.4 Å². The Balaban J connectivity index is 1.70. The molecule has 0 aliphatic rings. The first-order valence-electron chi connectivity index (χ1n) is 10.5. The number of nitrogens with zero attached hydrogens (tertiary/aromatic N) is 4. The Hall–Kier alpha value is -3.83. The van der Waals surface area contributed by atoms with Gasteiger partial charge < -0.3 is 19.3 Å². The third-order valence-corrected chi connectivity index (χ3v) is 5.92. The van der Waals surface area contributed by atoms with Gasteiger partial charge in [0, 0.05) is 11.8 Å². The van der Waals surface area contributed by atoms with Crippen molar-refractivity contribution < 1.29 is 23.7 Å². The molecule has 0 bridgehead atoms. The fourth-order valence-corrected chi connectivity index (χ4v) is 4.09. The first-order valence-corrected chi connectivity index (χ1v) is 11.5. The lowest BCUT2D eigenvalue weighted by Gasteiger charge is -2.17. The lowest BCUT2D eigenvalue weighted by Crippen LogP contribution is -2.08. The van der Waals surface area contributed by atoms with Crippen LogP contribution in [-0.4, -0.2) is 51.9 Å². The Labute approximate surface area is 206 Å². The molecule has 11 heteroatoms. The lowest BCUT2D eigenvalue weighted by molar-refractivity contribution is 0.204. The molecule has 2 aromatic carbocycles. The molecule has 0 spiro atoms. The molecular formula is C24H24FN5O4S. The average molecular weight is 498 g/mol. The first-order chi connectivity index (χ1) is 17.0. The van der Waals surface area contributed by atoms with E-state index >= 15 is 0 Å². The maximum absolute atomic E-state index is 13.2. The summed E-state index contributed by atoms with van der Waals surface area (Å²) in [5.74, 6) is 2.20. The van der Waals surface area contributed by atoms with E-state index in [1.165, 1.54) is 31.2 Å². The molecule has 0 saturated heterocycles. The summed E-state index contributed by atoms with van der Waals surface area (Å²) < 4.78 is 34.6. The van der Waals surface area contributed by atoms with Gasteiger partial charge in [0.05, 0.1) is 27.4 Å². The molecule has 1 atom stereocenters. The highest BCUT2D eigenvalue weighted by molar-refractivity contribution is 8.00. The largest absolute Gasteiger partial charge is 0.494 e. The molecule has 2 aromatic heterocycles. The minimum absolute atomic E-state index is 0.272. The van der Waals surface area contributed by atoms with Gasteiger partial charge in [-0.2, -0.15) is 0 Å². The summed E-state index contributed by atoms with van der Waals surface area (Å²) in [7, 11) is 4.66. The van der Waals surface area contributed by atoms with Gasteiger partial charge in [0.15, 0.2) is 5.82 Å². The zero-order chi connectivity index (χ0) is 24.8. The summed E-state index contributed by atoms with van der Waals surface area (Å²) in [6.07, 6.45) is -0.815.